The minimum absolute atomic E-state index is 0.0351. The van der Waals surface area contributed by atoms with E-state index in [4.69, 9.17) is 0 Å². The van der Waals surface area contributed by atoms with Crippen LogP contribution in [0.25, 0.3) is 0 Å². The van der Waals surface area contributed by atoms with Crippen LogP contribution < -0.4 is 5.32 Å². The first kappa shape index (κ1) is 18.1. The van der Waals surface area contributed by atoms with Gasteiger partial charge in [0.05, 0.1) is 11.0 Å². The molecule has 4 atom stereocenters. The molecule has 0 amide bonds. The van der Waals surface area contributed by atoms with Crippen LogP contribution in [0.15, 0.2) is 0 Å². The summed E-state index contributed by atoms with van der Waals surface area (Å²) >= 11 is 0. The predicted molar refractivity (Wildman–Crippen MR) is 86.2 cm³/mol. The van der Waals surface area contributed by atoms with Crippen LogP contribution in [0.1, 0.15) is 46.0 Å². The van der Waals surface area contributed by atoms with Gasteiger partial charge in [0.2, 0.25) is 0 Å². The Morgan fingerprint density at radius 2 is 1.95 bits per heavy atom. The van der Waals surface area contributed by atoms with Crippen molar-refractivity contribution in [3.63, 3.8) is 0 Å². The Morgan fingerprint density at radius 1 is 1.25 bits per heavy atom. The molecule has 120 valence electrons. The lowest BCUT2D eigenvalue weighted by atomic mass is 9.83. The maximum absolute atomic E-state index is 12.5. The summed E-state index contributed by atoms with van der Waals surface area (Å²) in [6.07, 6.45) is 6.81. The molecule has 0 spiro atoms. The van der Waals surface area contributed by atoms with Gasteiger partial charge in [-0.2, -0.15) is 0 Å². The molecule has 4 unspecified atom stereocenters. The molecule has 20 heavy (non-hydrogen) atoms. The van der Waals surface area contributed by atoms with Gasteiger partial charge in [0, 0.05) is 28.9 Å². The van der Waals surface area contributed by atoms with Gasteiger partial charge in [0.1, 0.15) is 9.84 Å². The van der Waals surface area contributed by atoms with Crippen LogP contribution in [0.4, 0.5) is 0 Å². The minimum atomic E-state index is -3.02. The fourth-order valence-corrected chi connectivity index (χ4v) is 6.31. The highest BCUT2D eigenvalue weighted by Crippen LogP contribution is 2.31. The summed E-state index contributed by atoms with van der Waals surface area (Å²) < 4.78 is 35.0. The van der Waals surface area contributed by atoms with Gasteiger partial charge in [-0.3, -0.25) is 4.21 Å². The Kier molecular flexibility index (Phi) is 7.69. The fourth-order valence-electron chi connectivity index (χ4n) is 3.05. The first-order valence-corrected chi connectivity index (χ1v) is 11.1. The quantitative estimate of drug-likeness (QED) is 0.739. The van der Waals surface area contributed by atoms with Gasteiger partial charge in [0.15, 0.2) is 0 Å². The van der Waals surface area contributed by atoms with Crippen molar-refractivity contribution >= 4 is 20.6 Å². The van der Waals surface area contributed by atoms with Crippen LogP contribution in [-0.2, 0) is 20.6 Å². The van der Waals surface area contributed by atoms with Crippen molar-refractivity contribution in [2.45, 2.75) is 57.2 Å². The summed E-state index contributed by atoms with van der Waals surface area (Å²) in [6, 6.07) is 0.286. The molecule has 0 aromatic carbocycles. The fraction of sp³-hybridized carbons (Fsp3) is 1.00. The maximum atomic E-state index is 12.5. The molecule has 1 fully saturated rings. The summed E-state index contributed by atoms with van der Waals surface area (Å²) in [5.74, 6) is 0.972. The van der Waals surface area contributed by atoms with E-state index in [1.54, 1.807) is 0 Å². The van der Waals surface area contributed by atoms with E-state index < -0.39 is 20.6 Å². The highest BCUT2D eigenvalue weighted by atomic mass is 32.2. The van der Waals surface area contributed by atoms with Crippen molar-refractivity contribution in [3.8, 4) is 0 Å². The number of nitrogens with one attached hydrogen (secondary N) is 1. The molecule has 0 aliphatic heterocycles. The van der Waals surface area contributed by atoms with E-state index in [2.05, 4.69) is 19.2 Å². The Hall–Kier alpha value is 0.0600. The van der Waals surface area contributed by atoms with E-state index in [0.717, 1.165) is 19.4 Å². The van der Waals surface area contributed by atoms with Crippen molar-refractivity contribution in [2.75, 3.05) is 24.3 Å². The molecule has 6 heteroatoms. The second-order valence-electron chi connectivity index (χ2n) is 5.89. The first-order chi connectivity index (χ1) is 9.37. The molecule has 1 saturated carbocycles. The zero-order valence-corrected chi connectivity index (χ0v) is 14.6. The Labute approximate surface area is 126 Å². The van der Waals surface area contributed by atoms with Crippen molar-refractivity contribution in [3.05, 3.63) is 0 Å². The molecule has 1 N–H and O–H groups in total. The van der Waals surface area contributed by atoms with E-state index in [9.17, 15) is 12.6 Å². The molecule has 1 aliphatic rings. The molecule has 0 bridgehead atoms. The molecule has 0 saturated heterocycles. The van der Waals surface area contributed by atoms with Gasteiger partial charge >= 0.3 is 0 Å². The highest BCUT2D eigenvalue weighted by molar-refractivity contribution is 7.92. The lowest BCUT2D eigenvalue weighted by Crippen LogP contribution is -2.47. The number of rotatable bonds is 8. The maximum Gasteiger partial charge on any atom is 0.148 e. The second-order valence-corrected chi connectivity index (χ2v) is 9.92. The van der Waals surface area contributed by atoms with Gasteiger partial charge in [-0.1, -0.05) is 26.7 Å². The molecule has 4 nitrogen and oxygen atoms in total. The zero-order valence-electron chi connectivity index (χ0n) is 12.9. The summed E-state index contributed by atoms with van der Waals surface area (Å²) in [5.41, 5.74) is 0. The van der Waals surface area contributed by atoms with Gasteiger partial charge in [-0.05, 0) is 31.7 Å². The van der Waals surface area contributed by atoms with Crippen LogP contribution in [0.2, 0.25) is 0 Å². The van der Waals surface area contributed by atoms with Gasteiger partial charge in [-0.15, -0.1) is 0 Å². The molecule has 1 rings (SSSR count). The smallest absolute Gasteiger partial charge is 0.148 e. The molecule has 0 aromatic heterocycles. The number of hydrogen-bond acceptors (Lipinski definition) is 4. The average molecular weight is 324 g/mol. The van der Waals surface area contributed by atoms with Crippen LogP contribution in [0, 0.1) is 5.92 Å². The Bertz CT molecular complexity index is 409. The van der Waals surface area contributed by atoms with Crippen molar-refractivity contribution in [1.29, 1.82) is 0 Å². The summed E-state index contributed by atoms with van der Waals surface area (Å²) in [5, 5.41) is 3.55. The summed E-state index contributed by atoms with van der Waals surface area (Å²) in [4.78, 5) is 0. The van der Waals surface area contributed by atoms with Crippen LogP contribution in [-0.4, -0.2) is 48.2 Å². The van der Waals surface area contributed by atoms with Crippen molar-refractivity contribution < 1.29 is 12.6 Å². The van der Waals surface area contributed by atoms with Crippen molar-refractivity contribution in [2.24, 2.45) is 5.92 Å². The molecular formula is C14H29NO3S2. The topological polar surface area (TPSA) is 63.2 Å². The lowest BCUT2D eigenvalue weighted by molar-refractivity contribution is 0.286. The monoisotopic (exact) mass is 323 g/mol. The predicted octanol–water partition coefficient (Wildman–Crippen LogP) is 1.73. The van der Waals surface area contributed by atoms with Gasteiger partial charge < -0.3 is 5.32 Å². The van der Waals surface area contributed by atoms with Crippen LogP contribution >= 0.6 is 0 Å². The highest BCUT2D eigenvalue weighted by Gasteiger charge is 2.33. The average Bonchev–Trinajstić information content (AvgIpc) is 2.37. The molecule has 0 radical (unpaired) electrons. The SMILES string of the molecule is CCCC1CCC(NCC)C(S(=O)CCS(C)(=O)=O)C1. The van der Waals surface area contributed by atoms with E-state index in [1.807, 2.05) is 0 Å². The number of hydrogen-bond donors (Lipinski definition) is 1. The normalized spacial score (nSPS) is 29.2. The standard InChI is InChI=1S/C14H29NO3S2/c1-4-6-12-7-8-13(15-5-2)14(11-12)19(16)9-10-20(3,17)18/h12-15H,4-11H2,1-3H3. The number of sulfone groups is 1. The Balaban J connectivity index is 2.64. The van der Waals surface area contributed by atoms with E-state index in [1.165, 1.54) is 25.5 Å². The first-order valence-electron chi connectivity index (χ1n) is 7.65. The Morgan fingerprint density at radius 3 is 2.50 bits per heavy atom. The van der Waals surface area contributed by atoms with E-state index in [0.29, 0.717) is 5.92 Å². The molecular weight excluding hydrogens is 294 g/mol. The van der Waals surface area contributed by atoms with Crippen LogP contribution in [0.5, 0.6) is 0 Å². The van der Waals surface area contributed by atoms with Gasteiger partial charge in [0.25, 0.3) is 0 Å². The zero-order chi connectivity index (χ0) is 15.2. The third-order valence-corrected chi connectivity index (χ3v) is 7.06. The van der Waals surface area contributed by atoms with Gasteiger partial charge in [-0.25, -0.2) is 8.42 Å². The minimum Gasteiger partial charge on any atom is -0.313 e. The van der Waals surface area contributed by atoms with Crippen LogP contribution in [0.3, 0.4) is 0 Å². The molecule has 1 aliphatic carbocycles. The second kappa shape index (κ2) is 8.49. The lowest BCUT2D eigenvalue weighted by Gasteiger charge is -2.36. The molecule has 0 aromatic rings. The molecule has 0 heterocycles. The van der Waals surface area contributed by atoms with E-state index >= 15 is 0 Å². The van der Waals surface area contributed by atoms with E-state index in [-0.39, 0.29) is 22.8 Å². The third kappa shape index (κ3) is 6.22. The summed E-state index contributed by atoms with van der Waals surface area (Å²) in [7, 11) is -4.08. The summed E-state index contributed by atoms with van der Waals surface area (Å²) in [6.45, 7) is 5.13. The third-order valence-electron chi connectivity index (χ3n) is 4.06. The largest absolute Gasteiger partial charge is 0.313 e. The van der Waals surface area contributed by atoms with Crippen molar-refractivity contribution in [1.82, 2.24) is 5.32 Å².